The van der Waals surface area contributed by atoms with Crippen molar-refractivity contribution >= 4 is 35.3 Å². The Labute approximate surface area is 215 Å². The molecular weight excluding hydrogens is 470 g/mol. The van der Waals surface area contributed by atoms with Crippen LogP contribution in [0.15, 0.2) is 48.1 Å². The molecule has 8 heteroatoms. The monoisotopic (exact) mass is 501 g/mol. The van der Waals surface area contributed by atoms with Gasteiger partial charge >= 0.3 is 0 Å². The van der Waals surface area contributed by atoms with E-state index in [1.54, 1.807) is 6.20 Å². The summed E-state index contributed by atoms with van der Waals surface area (Å²) in [5.74, 6) is 0.266. The van der Waals surface area contributed by atoms with Crippen LogP contribution in [0.25, 0.3) is 23.3 Å². The van der Waals surface area contributed by atoms with E-state index in [-0.39, 0.29) is 23.7 Å². The highest BCUT2D eigenvalue weighted by atomic mass is 32.1. The standard InChI is InChI=1S/C28H31N5O2S/c1-19-14-23-24(20-6-4-3-5-7-20)18-30(2)25(23)15-22(19)27(34)33-16-21(17-33)31-9-11-32(12-10-31)28(35)26-29-8-13-36-26/h3-8,13-15,18-19,21-22H,9-12,16-17H2,1-2H3. The van der Waals surface area contributed by atoms with Gasteiger partial charge in [-0.1, -0.05) is 43.3 Å². The zero-order valence-corrected chi connectivity index (χ0v) is 21.5. The second-order valence-corrected chi connectivity index (χ2v) is 11.0. The smallest absolute Gasteiger partial charge is 0.282 e. The summed E-state index contributed by atoms with van der Waals surface area (Å²) in [7, 11) is 2.06. The zero-order chi connectivity index (χ0) is 24.8. The SMILES string of the molecule is CC1C=c2c(-c3ccccc3)cn(C)c2=CC1C(=O)N1CC(N2CCN(C(=O)c3nccs3)CC2)C1. The van der Waals surface area contributed by atoms with Crippen LogP contribution in [-0.2, 0) is 11.8 Å². The highest BCUT2D eigenvalue weighted by molar-refractivity contribution is 7.11. The zero-order valence-electron chi connectivity index (χ0n) is 20.7. The average Bonchev–Trinajstić information content (AvgIpc) is 3.52. The van der Waals surface area contributed by atoms with Crippen LogP contribution < -0.4 is 10.6 Å². The van der Waals surface area contributed by atoms with E-state index in [4.69, 9.17) is 0 Å². The molecule has 2 fully saturated rings. The van der Waals surface area contributed by atoms with Crippen molar-refractivity contribution in [3.63, 3.8) is 0 Å². The fourth-order valence-electron chi connectivity index (χ4n) is 5.71. The molecule has 2 aromatic heterocycles. The molecule has 6 rings (SSSR count). The summed E-state index contributed by atoms with van der Waals surface area (Å²) in [5, 5.41) is 4.76. The van der Waals surface area contributed by atoms with Crippen molar-refractivity contribution in [1.82, 2.24) is 24.3 Å². The molecule has 4 heterocycles. The van der Waals surface area contributed by atoms with Crippen LogP contribution in [0.2, 0.25) is 0 Å². The molecule has 2 atom stereocenters. The van der Waals surface area contributed by atoms with E-state index in [2.05, 4.69) is 71.0 Å². The molecule has 36 heavy (non-hydrogen) atoms. The number of aromatic nitrogens is 2. The third-order valence-corrected chi connectivity index (χ3v) is 8.64. The minimum absolute atomic E-state index is 0.0311. The minimum Gasteiger partial charge on any atom is -0.350 e. The maximum absolute atomic E-state index is 13.5. The van der Waals surface area contributed by atoms with Crippen molar-refractivity contribution in [3.8, 4) is 11.1 Å². The fourth-order valence-corrected chi connectivity index (χ4v) is 6.31. The lowest BCUT2D eigenvalue weighted by molar-refractivity contribution is -0.142. The first kappa shape index (κ1) is 23.2. The summed E-state index contributed by atoms with van der Waals surface area (Å²) < 4.78 is 2.14. The molecule has 0 radical (unpaired) electrons. The molecule has 2 amide bonds. The van der Waals surface area contributed by atoms with Gasteiger partial charge in [0, 0.05) is 86.3 Å². The second-order valence-electron chi connectivity index (χ2n) is 10.1. The van der Waals surface area contributed by atoms with Gasteiger partial charge in [-0.3, -0.25) is 14.5 Å². The summed E-state index contributed by atoms with van der Waals surface area (Å²) in [5.41, 5.74) is 2.42. The molecule has 186 valence electrons. The number of carbonyl (C=O) groups excluding carboxylic acids is 2. The van der Waals surface area contributed by atoms with Gasteiger partial charge in [0.15, 0.2) is 5.01 Å². The van der Waals surface area contributed by atoms with Crippen LogP contribution in [-0.4, -0.2) is 81.4 Å². The maximum atomic E-state index is 13.5. The first-order chi connectivity index (χ1) is 17.5. The first-order valence-electron chi connectivity index (χ1n) is 12.7. The van der Waals surface area contributed by atoms with E-state index >= 15 is 0 Å². The number of hydrogen-bond acceptors (Lipinski definition) is 5. The Morgan fingerprint density at radius 3 is 2.44 bits per heavy atom. The molecular formula is C28H31N5O2S. The van der Waals surface area contributed by atoms with Crippen LogP contribution in [0.3, 0.4) is 0 Å². The van der Waals surface area contributed by atoms with Crippen LogP contribution in [0.4, 0.5) is 0 Å². The van der Waals surface area contributed by atoms with Gasteiger partial charge in [-0.2, -0.15) is 0 Å². The van der Waals surface area contributed by atoms with Crippen molar-refractivity contribution in [2.45, 2.75) is 13.0 Å². The summed E-state index contributed by atoms with van der Waals surface area (Å²) >= 11 is 1.39. The van der Waals surface area contributed by atoms with Gasteiger partial charge in [-0.15, -0.1) is 11.3 Å². The van der Waals surface area contributed by atoms with E-state index < -0.39 is 0 Å². The van der Waals surface area contributed by atoms with Crippen LogP contribution in [0.1, 0.15) is 16.7 Å². The highest BCUT2D eigenvalue weighted by Crippen LogP contribution is 2.26. The van der Waals surface area contributed by atoms with Gasteiger partial charge in [0.1, 0.15) is 0 Å². The Morgan fingerprint density at radius 1 is 1.00 bits per heavy atom. The number of carbonyl (C=O) groups is 2. The molecule has 3 aliphatic rings. The molecule has 0 bridgehead atoms. The van der Waals surface area contributed by atoms with Gasteiger partial charge in [0.25, 0.3) is 5.91 Å². The number of likely N-dealkylation sites (tertiary alicyclic amines) is 1. The molecule has 1 aliphatic carbocycles. The number of fused-ring (bicyclic) bond motifs is 1. The Hall–Kier alpha value is -3.23. The number of nitrogens with zero attached hydrogens (tertiary/aromatic N) is 5. The summed E-state index contributed by atoms with van der Waals surface area (Å²) in [6.45, 7) is 6.81. The molecule has 2 saturated heterocycles. The topological polar surface area (TPSA) is 61.7 Å². The predicted octanol–water partition coefficient (Wildman–Crippen LogP) is 1.64. The number of aryl methyl sites for hydroxylation is 1. The number of amides is 2. The summed E-state index contributed by atoms with van der Waals surface area (Å²) in [6, 6.07) is 10.8. The van der Waals surface area contributed by atoms with Crippen molar-refractivity contribution in [2.75, 3.05) is 39.3 Å². The van der Waals surface area contributed by atoms with Crippen LogP contribution >= 0.6 is 11.3 Å². The van der Waals surface area contributed by atoms with E-state index in [9.17, 15) is 9.59 Å². The Balaban J connectivity index is 1.09. The molecule has 0 saturated carbocycles. The fraction of sp³-hybridized carbons (Fsp3) is 0.393. The van der Waals surface area contributed by atoms with Gasteiger partial charge in [-0.25, -0.2) is 4.98 Å². The van der Waals surface area contributed by atoms with Crippen molar-refractivity contribution in [1.29, 1.82) is 0 Å². The second kappa shape index (κ2) is 9.33. The third-order valence-electron chi connectivity index (χ3n) is 7.88. The van der Waals surface area contributed by atoms with Crippen molar-refractivity contribution < 1.29 is 9.59 Å². The van der Waals surface area contributed by atoms with Crippen molar-refractivity contribution in [2.24, 2.45) is 18.9 Å². The number of hydrogen-bond donors (Lipinski definition) is 0. The van der Waals surface area contributed by atoms with Gasteiger partial charge in [-0.05, 0) is 17.6 Å². The average molecular weight is 502 g/mol. The molecule has 2 unspecified atom stereocenters. The van der Waals surface area contributed by atoms with E-state index in [0.717, 1.165) is 31.5 Å². The summed E-state index contributed by atoms with van der Waals surface area (Å²) in [6.07, 6.45) is 8.30. The number of thiazole rings is 1. The lowest BCUT2D eigenvalue weighted by Gasteiger charge is -2.49. The Morgan fingerprint density at radius 2 is 1.75 bits per heavy atom. The predicted molar refractivity (Wildman–Crippen MR) is 142 cm³/mol. The van der Waals surface area contributed by atoms with Crippen LogP contribution in [0, 0.1) is 11.8 Å². The molecule has 0 N–H and O–H groups in total. The number of piperazine rings is 1. The normalized spacial score (nSPS) is 22.4. The summed E-state index contributed by atoms with van der Waals surface area (Å²) in [4.78, 5) is 36.5. The van der Waals surface area contributed by atoms with Crippen LogP contribution in [0.5, 0.6) is 0 Å². The maximum Gasteiger partial charge on any atom is 0.282 e. The van der Waals surface area contributed by atoms with E-state index in [0.29, 0.717) is 24.1 Å². The van der Waals surface area contributed by atoms with Gasteiger partial charge in [0.05, 0.1) is 5.92 Å². The van der Waals surface area contributed by atoms with Gasteiger partial charge in [0.2, 0.25) is 5.91 Å². The molecule has 3 aromatic rings. The Kier molecular flexibility index (Phi) is 6.01. The van der Waals surface area contributed by atoms with Crippen molar-refractivity contribution in [3.05, 3.63) is 63.7 Å². The van der Waals surface area contributed by atoms with Gasteiger partial charge < -0.3 is 14.4 Å². The van der Waals surface area contributed by atoms with E-state index in [1.165, 1.54) is 27.7 Å². The molecule has 0 spiro atoms. The number of rotatable bonds is 4. The molecule has 1 aromatic carbocycles. The lowest BCUT2D eigenvalue weighted by atomic mass is 9.86. The lowest BCUT2D eigenvalue weighted by Crippen LogP contribution is -2.65. The molecule has 2 aliphatic heterocycles. The minimum atomic E-state index is -0.136. The highest BCUT2D eigenvalue weighted by Gasteiger charge is 2.40. The quantitative estimate of drug-likeness (QED) is 0.546. The number of benzene rings is 1. The first-order valence-corrected chi connectivity index (χ1v) is 13.5. The molecule has 7 nitrogen and oxygen atoms in total. The Bertz CT molecular complexity index is 1380. The third kappa shape index (κ3) is 4.08. The largest absolute Gasteiger partial charge is 0.350 e. The van der Waals surface area contributed by atoms with E-state index in [1.807, 2.05) is 21.2 Å².